The summed E-state index contributed by atoms with van der Waals surface area (Å²) in [5, 5.41) is 0.868. The van der Waals surface area contributed by atoms with E-state index in [0.29, 0.717) is 34.4 Å². The van der Waals surface area contributed by atoms with E-state index >= 15 is 0 Å². The van der Waals surface area contributed by atoms with Gasteiger partial charge in [-0.15, -0.1) is 0 Å². The average molecular weight is 423 g/mol. The van der Waals surface area contributed by atoms with Crippen molar-refractivity contribution in [3.8, 4) is 11.5 Å². The normalized spacial score (nSPS) is 10.5. The second kappa shape index (κ2) is 12.4. The average Bonchev–Trinajstić information content (AvgIpc) is 2.67. The molecular formula is C22H24Cl2O4. The molecule has 0 unspecified atom stereocenters. The van der Waals surface area contributed by atoms with Crippen LogP contribution in [0.2, 0.25) is 10.0 Å². The van der Waals surface area contributed by atoms with Gasteiger partial charge in [0.15, 0.2) is 0 Å². The van der Waals surface area contributed by atoms with E-state index in [2.05, 4.69) is 0 Å². The largest absolute Gasteiger partial charge is 0.425 e. The lowest BCUT2D eigenvalue weighted by atomic mass is 10.1. The van der Waals surface area contributed by atoms with Crippen LogP contribution in [0.4, 0.5) is 0 Å². The lowest BCUT2D eigenvalue weighted by Crippen LogP contribution is -2.08. The summed E-state index contributed by atoms with van der Waals surface area (Å²) in [7, 11) is 0. The highest BCUT2D eigenvalue weighted by Gasteiger charge is 2.09. The summed E-state index contributed by atoms with van der Waals surface area (Å²) >= 11 is 11.9. The number of unbranched alkanes of at least 4 members (excludes halogenated alkanes) is 5. The Bertz CT molecular complexity index is 711. The smallest absolute Gasteiger partial charge is 0.311 e. The van der Waals surface area contributed by atoms with Crippen molar-refractivity contribution >= 4 is 35.1 Å². The van der Waals surface area contributed by atoms with Crippen molar-refractivity contribution in [2.75, 3.05) is 0 Å². The molecule has 0 N–H and O–H groups in total. The zero-order valence-electron chi connectivity index (χ0n) is 15.7. The Labute approximate surface area is 175 Å². The fraction of sp³-hybridized carbons (Fsp3) is 0.364. The highest BCUT2D eigenvalue weighted by Crippen LogP contribution is 2.24. The number of rotatable bonds is 11. The number of ether oxygens (including phenoxy) is 2. The van der Waals surface area contributed by atoms with E-state index in [0.717, 1.165) is 38.5 Å². The van der Waals surface area contributed by atoms with Crippen molar-refractivity contribution in [2.24, 2.45) is 0 Å². The van der Waals surface area contributed by atoms with Crippen molar-refractivity contribution in [3.05, 3.63) is 58.6 Å². The first-order valence-electron chi connectivity index (χ1n) is 9.46. The van der Waals surface area contributed by atoms with E-state index in [1.807, 2.05) is 0 Å². The molecule has 0 aromatic heterocycles. The molecule has 150 valence electrons. The molecular weight excluding hydrogens is 399 g/mol. The van der Waals surface area contributed by atoms with Gasteiger partial charge in [0, 0.05) is 12.8 Å². The van der Waals surface area contributed by atoms with Gasteiger partial charge in [-0.2, -0.15) is 0 Å². The van der Waals surface area contributed by atoms with Crippen molar-refractivity contribution in [1.29, 1.82) is 0 Å². The number of halogens is 2. The number of benzene rings is 2. The number of carbonyl (C=O) groups is 2. The van der Waals surface area contributed by atoms with E-state index in [1.54, 1.807) is 48.5 Å². The predicted molar refractivity (Wildman–Crippen MR) is 111 cm³/mol. The summed E-state index contributed by atoms with van der Waals surface area (Å²) in [6, 6.07) is 13.9. The van der Waals surface area contributed by atoms with Crippen molar-refractivity contribution < 1.29 is 19.1 Å². The predicted octanol–water partition coefficient (Wildman–Crippen LogP) is 6.63. The van der Waals surface area contributed by atoms with Crippen LogP contribution in [0, 0.1) is 0 Å². The third kappa shape index (κ3) is 8.32. The minimum atomic E-state index is -0.268. The molecule has 4 nitrogen and oxygen atoms in total. The van der Waals surface area contributed by atoms with Crippen molar-refractivity contribution in [1.82, 2.24) is 0 Å². The van der Waals surface area contributed by atoms with Crippen LogP contribution in [0.25, 0.3) is 0 Å². The van der Waals surface area contributed by atoms with Crippen LogP contribution in [0.3, 0.4) is 0 Å². The summed E-state index contributed by atoms with van der Waals surface area (Å²) in [5.41, 5.74) is 0. The first-order chi connectivity index (χ1) is 13.6. The molecule has 0 amide bonds. The van der Waals surface area contributed by atoms with E-state index in [9.17, 15) is 9.59 Å². The summed E-state index contributed by atoms with van der Waals surface area (Å²) in [5.74, 6) is 0.265. The summed E-state index contributed by atoms with van der Waals surface area (Å²) in [6.45, 7) is 0. The molecule has 0 atom stereocenters. The molecule has 2 aromatic carbocycles. The fourth-order valence-corrected chi connectivity index (χ4v) is 3.00. The van der Waals surface area contributed by atoms with E-state index in [-0.39, 0.29) is 11.9 Å². The van der Waals surface area contributed by atoms with E-state index < -0.39 is 0 Å². The van der Waals surface area contributed by atoms with Crippen LogP contribution >= 0.6 is 23.2 Å². The van der Waals surface area contributed by atoms with E-state index in [1.165, 1.54) is 0 Å². The molecule has 0 radical (unpaired) electrons. The molecule has 0 aliphatic rings. The maximum Gasteiger partial charge on any atom is 0.311 e. The Balaban J connectivity index is 1.48. The van der Waals surface area contributed by atoms with Gasteiger partial charge in [0.2, 0.25) is 0 Å². The van der Waals surface area contributed by atoms with Gasteiger partial charge >= 0.3 is 11.9 Å². The van der Waals surface area contributed by atoms with Gasteiger partial charge in [-0.3, -0.25) is 9.59 Å². The topological polar surface area (TPSA) is 52.6 Å². The molecule has 0 bridgehead atoms. The SMILES string of the molecule is O=C(CCCCCCCCC(=O)Oc1ccccc1Cl)Oc1ccccc1Cl. The number of esters is 2. The summed E-state index contributed by atoms with van der Waals surface area (Å²) in [6.07, 6.45) is 6.21. The second-order valence-corrected chi connectivity index (χ2v) is 7.24. The molecule has 6 heteroatoms. The standard InChI is InChI=1S/C22H24Cl2O4/c23-17-11-7-9-13-19(17)27-21(25)15-5-3-1-2-4-6-16-22(26)28-20-14-10-8-12-18(20)24/h7-14H,1-6,15-16H2. The lowest BCUT2D eigenvalue weighted by molar-refractivity contribution is -0.135. The van der Waals surface area contributed by atoms with E-state index in [4.69, 9.17) is 32.7 Å². The van der Waals surface area contributed by atoms with Gasteiger partial charge in [0.1, 0.15) is 11.5 Å². The van der Waals surface area contributed by atoms with Crippen LogP contribution in [-0.2, 0) is 9.59 Å². The molecule has 2 rings (SSSR count). The second-order valence-electron chi connectivity index (χ2n) is 6.43. The van der Waals surface area contributed by atoms with Gasteiger partial charge < -0.3 is 9.47 Å². The van der Waals surface area contributed by atoms with Gasteiger partial charge in [-0.1, -0.05) is 73.2 Å². The van der Waals surface area contributed by atoms with Crippen LogP contribution in [0.5, 0.6) is 11.5 Å². The van der Waals surface area contributed by atoms with Crippen molar-refractivity contribution in [3.63, 3.8) is 0 Å². The molecule has 0 aliphatic heterocycles. The van der Waals surface area contributed by atoms with Crippen molar-refractivity contribution in [2.45, 2.75) is 51.4 Å². The quantitative estimate of drug-likeness (QED) is 0.231. The van der Waals surface area contributed by atoms with Gasteiger partial charge in [-0.05, 0) is 37.1 Å². The van der Waals surface area contributed by atoms with Crippen LogP contribution < -0.4 is 9.47 Å². The third-order valence-electron chi connectivity index (χ3n) is 4.13. The molecule has 0 heterocycles. The lowest BCUT2D eigenvalue weighted by Gasteiger charge is -2.06. The molecule has 28 heavy (non-hydrogen) atoms. The minimum absolute atomic E-state index is 0.268. The first kappa shape index (κ1) is 22.3. The molecule has 0 aliphatic carbocycles. The van der Waals surface area contributed by atoms with Crippen LogP contribution in [-0.4, -0.2) is 11.9 Å². The zero-order chi connectivity index (χ0) is 20.2. The number of hydrogen-bond acceptors (Lipinski definition) is 4. The van der Waals surface area contributed by atoms with Crippen LogP contribution in [0.1, 0.15) is 51.4 Å². The minimum Gasteiger partial charge on any atom is -0.425 e. The third-order valence-corrected chi connectivity index (χ3v) is 4.76. The molecule has 0 spiro atoms. The maximum atomic E-state index is 11.8. The maximum absolute atomic E-state index is 11.8. The van der Waals surface area contributed by atoms with Crippen LogP contribution in [0.15, 0.2) is 48.5 Å². The Kier molecular flexibility index (Phi) is 9.87. The molecule has 2 aromatic rings. The zero-order valence-corrected chi connectivity index (χ0v) is 17.2. The Hall–Kier alpha value is -2.04. The highest BCUT2D eigenvalue weighted by atomic mass is 35.5. The Morgan fingerprint density at radius 1 is 0.607 bits per heavy atom. The Morgan fingerprint density at radius 2 is 0.964 bits per heavy atom. The number of hydrogen-bond donors (Lipinski definition) is 0. The number of carbonyl (C=O) groups excluding carboxylic acids is 2. The molecule has 0 saturated carbocycles. The van der Waals surface area contributed by atoms with Gasteiger partial charge in [-0.25, -0.2) is 0 Å². The first-order valence-corrected chi connectivity index (χ1v) is 10.2. The monoisotopic (exact) mass is 422 g/mol. The highest BCUT2D eigenvalue weighted by molar-refractivity contribution is 6.32. The van der Waals surface area contributed by atoms with Gasteiger partial charge in [0.05, 0.1) is 10.0 Å². The summed E-state index contributed by atoms with van der Waals surface area (Å²) < 4.78 is 10.5. The Morgan fingerprint density at radius 3 is 1.36 bits per heavy atom. The van der Waals surface area contributed by atoms with Gasteiger partial charge in [0.25, 0.3) is 0 Å². The summed E-state index contributed by atoms with van der Waals surface area (Å²) in [4.78, 5) is 23.6. The number of para-hydroxylation sites is 2. The fourth-order valence-electron chi connectivity index (χ4n) is 2.65. The molecule has 0 fully saturated rings. The molecule has 0 saturated heterocycles.